The highest BCUT2D eigenvalue weighted by Crippen LogP contribution is 2.48. The second kappa shape index (κ2) is 8.76. The van der Waals surface area contributed by atoms with E-state index in [1.165, 1.54) is 46.2 Å². The van der Waals surface area contributed by atoms with Crippen LogP contribution in [0.3, 0.4) is 0 Å². The predicted octanol–water partition coefficient (Wildman–Crippen LogP) is 7.02. The van der Waals surface area contributed by atoms with Crippen LogP contribution in [0, 0.1) is 13.8 Å². The second-order valence-electron chi connectivity index (χ2n) is 11.5. The number of fused-ring (bicyclic) bond motifs is 1. The summed E-state index contributed by atoms with van der Waals surface area (Å²) in [4.78, 5) is 12.3. The zero-order chi connectivity index (χ0) is 24.8. The molecule has 0 fully saturated rings. The zero-order valence-corrected chi connectivity index (χ0v) is 22.0. The lowest BCUT2D eigenvalue weighted by Crippen LogP contribution is -2.34. The van der Waals surface area contributed by atoms with Crippen molar-refractivity contribution in [1.82, 2.24) is 4.57 Å². The molecule has 1 aliphatic rings. The van der Waals surface area contributed by atoms with Crippen LogP contribution in [-0.4, -0.2) is 10.5 Å². The van der Waals surface area contributed by atoms with E-state index < -0.39 is 0 Å². The summed E-state index contributed by atoms with van der Waals surface area (Å²) in [6.45, 7) is 16.7. The number of hydrogen-bond acceptors (Lipinski definition) is 1. The van der Waals surface area contributed by atoms with Gasteiger partial charge < -0.3 is 10.3 Å². The van der Waals surface area contributed by atoms with Crippen molar-refractivity contribution in [2.24, 2.45) is 5.73 Å². The van der Waals surface area contributed by atoms with Crippen LogP contribution in [-0.2, 0) is 30.2 Å². The summed E-state index contributed by atoms with van der Waals surface area (Å²) in [6, 6.07) is 15.6. The van der Waals surface area contributed by atoms with Crippen molar-refractivity contribution in [2.45, 2.75) is 91.5 Å². The molecule has 3 nitrogen and oxygen atoms in total. The van der Waals surface area contributed by atoms with Gasteiger partial charge in [-0.2, -0.15) is 0 Å². The minimum Gasteiger partial charge on any atom is -0.366 e. The maximum absolute atomic E-state index is 12.3. The Morgan fingerprint density at radius 1 is 0.941 bits per heavy atom. The summed E-state index contributed by atoms with van der Waals surface area (Å²) in [6.07, 6.45) is 4.24. The van der Waals surface area contributed by atoms with Crippen LogP contribution in [0.2, 0.25) is 0 Å². The van der Waals surface area contributed by atoms with Gasteiger partial charge in [-0.3, -0.25) is 4.79 Å². The van der Waals surface area contributed by atoms with Gasteiger partial charge in [-0.1, -0.05) is 70.5 Å². The van der Waals surface area contributed by atoms with E-state index in [4.69, 9.17) is 5.73 Å². The van der Waals surface area contributed by atoms with Gasteiger partial charge in [0, 0.05) is 23.5 Å². The molecule has 0 spiro atoms. The number of aromatic nitrogens is 1. The maximum atomic E-state index is 12.3. The molecule has 2 aromatic carbocycles. The molecule has 1 aromatic heterocycles. The number of nitrogens with two attached hydrogens (primary N) is 1. The van der Waals surface area contributed by atoms with Crippen LogP contribution < -0.4 is 5.73 Å². The fourth-order valence-corrected chi connectivity index (χ4v) is 5.59. The average Bonchev–Trinajstić information content (AvgIpc) is 3.12. The molecule has 180 valence electrons. The van der Waals surface area contributed by atoms with Gasteiger partial charge in [0.05, 0.1) is 5.56 Å². The fraction of sp³-hybridized carbons (Fsp3) is 0.452. The molecule has 0 radical (unpaired) electrons. The van der Waals surface area contributed by atoms with E-state index in [0.717, 1.165) is 30.8 Å². The number of nitrogens with zero attached hydrogens (tertiary/aromatic N) is 1. The molecular weight excluding hydrogens is 416 g/mol. The summed E-state index contributed by atoms with van der Waals surface area (Å²) >= 11 is 0. The first kappa shape index (κ1) is 24.3. The van der Waals surface area contributed by atoms with Gasteiger partial charge in [-0.25, -0.2) is 0 Å². The van der Waals surface area contributed by atoms with E-state index in [9.17, 15) is 4.79 Å². The van der Waals surface area contributed by atoms with Gasteiger partial charge in [0.1, 0.15) is 0 Å². The second-order valence-corrected chi connectivity index (χ2v) is 11.5. The van der Waals surface area contributed by atoms with Crippen molar-refractivity contribution >= 4 is 5.91 Å². The normalized spacial score (nSPS) is 16.3. The highest BCUT2D eigenvalue weighted by atomic mass is 16.1. The van der Waals surface area contributed by atoms with Gasteiger partial charge in [-0.05, 0) is 84.7 Å². The minimum absolute atomic E-state index is 0.132. The first-order valence-electron chi connectivity index (χ1n) is 12.7. The smallest absolute Gasteiger partial charge is 0.250 e. The molecule has 2 N–H and O–H groups in total. The van der Waals surface area contributed by atoms with E-state index in [2.05, 4.69) is 82.5 Å². The fourth-order valence-electron chi connectivity index (χ4n) is 5.59. The summed E-state index contributed by atoms with van der Waals surface area (Å²) in [5.74, 6) is -0.356. The molecule has 1 heterocycles. The standard InChI is InChI=1S/C31H40N2O/c1-8-23-17-26-27(31(6,7)15-14-30(26,4)5)18-25(23)28-19-24(29(32)34)21(3)33(28)16-13-22-11-9-20(2)10-12-22/h9-12,17-19H,8,13-16H2,1-7H3,(H2,32,34). The van der Waals surface area contributed by atoms with Gasteiger partial charge in [0.2, 0.25) is 0 Å². The zero-order valence-electron chi connectivity index (χ0n) is 22.0. The molecule has 0 saturated carbocycles. The van der Waals surface area contributed by atoms with Gasteiger partial charge >= 0.3 is 0 Å². The lowest BCUT2D eigenvalue weighted by atomic mass is 9.62. The van der Waals surface area contributed by atoms with Crippen LogP contribution in [0.25, 0.3) is 11.3 Å². The third-order valence-electron chi connectivity index (χ3n) is 8.11. The number of rotatable bonds is 6. The van der Waals surface area contributed by atoms with Crippen molar-refractivity contribution in [2.75, 3.05) is 0 Å². The molecule has 3 heteroatoms. The molecule has 0 bridgehead atoms. The molecule has 1 amide bonds. The maximum Gasteiger partial charge on any atom is 0.250 e. The van der Waals surface area contributed by atoms with Crippen LogP contribution in [0.5, 0.6) is 0 Å². The van der Waals surface area contributed by atoms with Gasteiger partial charge in [0.25, 0.3) is 5.91 Å². The Balaban J connectivity index is 1.87. The molecule has 0 aliphatic heterocycles. The Labute approximate surface area is 205 Å². The Kier molecular flexibility index (Phi) is 6.27. The average molecular weight is 457 g/mol. The summed E-state index contributed by atoms with van der Waals surface area (Å²) < 4.78 is 2.31. The molecule has 0 atom stereocenters. The molecule has 1 aliphatic carbocycles. The number of amides is 1. The van der Waals surface area contributed by atoms with Crippen molar-refractivity contribution in [3.63, 3.8) is 0 Å². The van der Waals surface area contributed by atoms with Crippen LogP contribution in [0.15, 0.2) is 42.5 Å². The topological polar surface area (TPSA) is 48.0 Å². The molecule has 0 saturated heterocycles. The quantitative estimate of drug-likeness (QED) is 0.425. The molecule has 34 heavy (non-hydrogen) atoms. The third-order valence-corrected chi connectivity index (χ3v) is 8.11. The van der Waals surface area contributed by atoms with Gasteiger partial charge in [0.15, 0.2) is 0 Å². The first-order chi connectivity index (χ1) is 15.9. The number of carbonyl (C=O) groups is 1. The van der Waals surface area contributed by atoms with E-state index >= 15 is 0 Å². The Bertz CT molecular complexity index is 1230. The molecule has 0 unspecified atom stereocenters. The number of benzene rings is 2. The van der Waals surface area contributed by atoms with Crippen molar-refractivity contribution in [3.8, 4) is 11.3 Å². The van der Waals surface area contributed by atoms with Crippen LogP contribution >= 0.6 is 0 Å². The van der Waals surface area contributed by atoms with Crippen molar-refractivity contribution in [1.29, 1.82) is 0 Å². The van der Waals surface area contributed by atoms with Crippen LogP contribution in [0.4, 0.5) is 0 Å². The number of primary amides is 1. The minimum atomic E-state index is -0.356. The van der Waals surface area contributed by atoms with Crippen LogP contribution in [0.1, 0.15) is 91.3 Å². The van der Waals surface area contributed by atoms with E-state index in [1.54, 1.807) is 0 Å². The molecule has 3 aromatic rings. The predicted molar refractivity (Wildman–Crippen MR) is 143 cm³/mol. The van der Waals surface area contributed by atoms with Gasteiger partial charge in [-0.15, -0.1) is 0 Å². The number of hydrogen-bond donors (Lipinski definition) is 1. The number of carbonyl (C=O) groups excluding carboxylic acids is 1. The Morgan fingerprint density at radius 2 is 1.53 bits per heavy atom. The van der Waals surface area contributed by atoms with Crippen molar-refractivity contribution < 1.29 is 4.79 Å². The Morgan fingerprint density at radius 3 is 2.09 bits per heavy atom. The van der Waals surface area contributed by atoms with E-state index in [0.29, 0.717) is 5.56 Å². The monoisotopic (exact) mass is 456 g/mol. The summed E-state index contributed by atoms with van der Waals surface area (Å²) in [7, 11) is 0. The SMILES string of the molecule is CCc1cc2c(cc1-c1cc(C(N)=O)c(C)n1CCc1ccc(C)cc1)C(C)(C)CCC2(C)C. The molecule has 4 rings (SSSR count). The lowest BCUT2D eigenvalue weighted by molar-refractivity contribution is 0.0999. The Hall–Kier alpha value is -2.81. The highest BCUT2D eigenvalue weighted by molar-refractivity contribution is 5.96. The molecular formula is C31H40N2O. The third kappa shape index (κ3) is 4.33. The van der Waals surface area contributed by atoms with E-state index in [1.807, 2.05) is 13.0 Å². The van der Waals surface area contributed by atoms with E-state index in [-0.39, 0.29) is 16.7 Å². The number of aryl methyl sites for hydroxylation is 3. The summed E-state index contributed by atoms with van der Waals surface area (Å²) in [5.41, 5.74) is 16.9. The largest absolute Gasteiger partial charge is 0.366 e. The van der Waals surface area contributed by atoms with Crippen molar-refractivity contribution in [3.05, 3.63) is 81.5 Å². The lowest BCUT2D eigenvalue weighted by Gasteiger charge is -2.42. The first-order valence-corrected chi connectivity index (χ1v) is 12.7. The summed E-state index contributed by atoms with van der Waals surface area (Å²) in [5, 5.41) is 0. The highest BCUT2D eigenvalue weighted by Gasteiger charge is 2.38.